The molecule has 46 heavy (non-hydrogen) atoms. The van der Waals surface area contributed by atoms with Gasteiger partial charge >= 0.3 is 12.1 Å². The summed E-state index contributed by atoms with van der Waals surface area (Å²) in [6.07, 6.45) is 4.18. The first-order chi connectivity index (χ1) is 22.3. The molecule has 2 amide bonds. The fourth-order valence-electron chi connectivity index (χ4n) is 4.55. The molecule has 5 aromatic rings. The van der Waals surface area contributed by atoms with E-state index in [0.717, 1.165) is 5.56 Å². The smallest absolute Gasteiger partial charge is 0.411 e. The van der Waals surface area contributed by atoms with Crippen LogP contribution in [0, 0.1) is 0 Å². The molecule has 14 heteroatoms. The Bertz CT molecular complexity index is 1870. The summed E-state index contributed by atoms with van der Waals surface area (Å²) in [5.74, 6) is -1.10. The Hall–Kier alpha value is -5.95. The molecule has 0 bridgehead atoms. The van der Waals surface area contributed by atoms with Crippen LogP contribution in [-0.4, -0.2) is 62.6 Å². The predicted octanol–water partition coefficient (Wildman–Crippen LogP) is 4.85. The molecule has 0 saturated heterocycles. The van der Waals surface area contributed by atoms with Crippen molar-refractivity contribution in [3.05, 3.63) is 119 Å². The molecule has 13 nitrogen and oxygen atoms in total. The Kier molecular flexibility index (Phi) is 10.0. The zero-order chi connectivity index (χ0) is 32.5. The zero-order valence-electron chi connectivity index (χ0n) is 24.6. The number of carbonyl (C=O) groups excluding carboxylic acids is 3. The minimum Gasteiger partial charge on any atom is -0.464 e. The first-order valence-electron chi connectivity index (χ1n) is 13.8. The van der Waals surface area contributed by atoms with Crippen LogP contribution >= 0.6 is 11.6 Å². The molecule has 3 aromatic carbocycles. The van der Waals surface area contributed by atoms with Gasteiger partial charge in [0.15, 0.2) is 5.69 Å². The molecule has 0 radical (unpaired) electrons. The molecule has 2 heterocycles. The van der Waals surface area contributed by atoms with E-state index in [2.05, 4.69) is 41.1 Å². The van der Waals surface area contributed by atoms with Gasteiger partial charge in [-0.05, 0) is 70.4 Å². The molecule has 232 valence electrons. The molecular formula is C32H27ClN8O5. The van der Waals surface area contributed by atoms with Gasteiger partial charge in [-0.2, -0.15) is 9.78 Å². The summed E-state index contributed by atoms with van der Waals surface area (Å²) in [6.45, 7) is 0. The largest absolute Gasteiger partial charge is 0.464 e. The topological polar surface area (TPSA) is 163 Å². The van der Waals surface area contributed by atoms with Crippen LogP contribution in [0.2, 0.25) is 5.02 Å². The number of hydrogen-bond acceptors (Lipinski definition) is 10. The molecule has 2 aromatic heterocycles. The van der Waals surface area contributed by atoms with Crippen molar-refractivity contribution in [3.63, 3.8) is 0 Å². The molecule has 0 spiro atoms. The van der Waals surface area contributed by atoms with E-state index in [9.17, 15) is 14.4 Å². The maximum absolute atomic E-state index is 13.4. The highest BCUT2D eigenvalue weighted by molar-refractivity contribution is 6.30. The molecular weight excluding hydrogens is 612 g/mol. The number of aromatic nitrogens is 6. The van der Waals surface area contributed by atoms with Gasteiger partial charge in [0.05, 0.1) is 31.6 Å². The van der Waals surface area contributed by atoms with Gasteiger partial charge in [0, 0.05) is 27.9 Å². The van der Waals surface area contributed by atoms with E-state index < -0.39 is 24.0 Å². The number of tetrazole rings is 1. The van der Waals surface area contributed by atoms with Crippen LogP contribution in [0.3, 0.4) is 0 Å². The van der Waals surface area contributed by atoms with Gasteiger partial charge < -0.3 is 14.8 Å². The number of hydrogen-bond donors (Lipinski definition) is 2. The van der Waals surface area contributed by atoms with E-state index in [1.807, 2.05) is 30.3 Å². The fourth-order valence-corrected chi connectivity index (χ4v) is 4.73. The summed E-state index contributed by atoms with van der Waals surface area (Å²) in [5, 5.41) is 25.9. The third kappa shape index (κ3) is 7.76. The molecule has 0 saturated carbocycles. The highest BCUT2D eigenvalue weighted by Gasteiger charge is 2.23. The van der Waals surface area contributed by atoms with E-state index in [1.54, 1.807) is 54.6 Å². The van der Waals surface area contributed by atoms with E-state index in [1.165, 1.54) is 31.3 Å². The van der Waals surface area contributed by atoms with Gasteiger partial charge in [-0.15, -0.1) is 10.2 Å². The van der Waals surface area contributed by atoms with Gasteiger partial charge in [0.25, 0.3) is 0 Å². The predicted molar refractivity (Wildman–Crippen MR) is 169 cm³/mol. The number of rotatable bonds is 10. The SMILES string of the molecule is COC(=O)Nc1ccc(-c2cc(C(Cc3ccccc3)NC(=O)C=Cc3cc(Cl)ccc3-n3cnnn3)nnc2C(=O)OC)cc1. The van der Waals surface area contributed by atoms with Crippen LogP contribution in [0.15, 0.2) is 91.3 Å². The Morgan fingerprint density at radius 3 is 2.43 bits per heavy atom. The monoisotopic (exact) mass is 638 g/mol. The number of carbonyl (C=O) groups is 3. The molecule has 2 N–H and O–H groups in total. The highest BCUT2D eigenvalue weighted by atomic mass is 35.5. The van der Waals surface area contributed by atoms with Crippen molar-refractivity contribution in [1.82, 2.24) is 35.7 Å². The van der Waals surface area contributed by atoms with Crippen molar-refractivity contribution >= 4 is 41.3 Å². The second-order valence-corrected chi connectivity index (χ2v) is 10.2. The van der Waals surface area contributed by atoms with Crippen LogP contribution in [0.25, 0.3) is 22.9 Å². The number of nitrogens with zero attached hydrogens (tertiary/aromatic N) is 6. The first kappa shape index (κ1) is 31.5. The van der Waals surface area contributed by atoms with Gasteiger partial charge in [-0.25, -0.2) is 9.59 Å². The van der Waals surface area contributed by atoms with Crippen molar-refractivity contribution in [3.8, 4) is 16.8 Å². The Morgan fingerprint density at radius 2 is 1.74 bits per heavy atom. The van der Waals surface area contributed by atoms with E-state index in [-0.39, 0.29) is 5.69 Å². The summed E-state index contributed by atoms with van der Waals surface area (Å²) in [7, 11) is 2.52. The van der Waals surface area contributed by atoms with Gasteiger partial charge in [0.1, 0.15) is 6.33 Å². The standard InChI is InChI=1S/C32H27ClN8O5/c1-45-31(43)30-25(21-8-12-24(13-9-21)35-32(44)46-2)18-27(37-38-30)26(16-20-6-4-3-5-7-20)36-29(42)15-10-22-17-23(33)11-14-28(22)41-19-34-39-40-41/h3-15,17-19,26H,16H2,1-2H3,(H,35,44)(H,36,42). The second-order valence-electron chi connectivity index (χ2n) is 9.76. The first-order valence-corrected chi connectivity index (χ1v) is 14.2. The molecule has 0 fully saturated rings. The lowest BCUT2D eigenvalue weighted by Crippen LogP contribution is -2.29. The maximum Gasteiger partial charge on any atom is 0.411 e. The van der Waals surface area contributed by atoms with Crippen molar-refractivity contribution in [2.45, 2.75) is 12.5 Å². The average molecular weight is 639 g/mol. The molecule has 0 aliphatic heterocycles. The maximum atomic E-state index is 13.4. The van der Waals surface area contributed by atoms with Crippen molar-refractivity contribution in [1.29, 1.82) is 0 Å². The van der Waals surface area contributed by atoms with Gasteiger partial charge in [0.2, 0.25) is 5.91 Å². The lowest BCUT2D eigenvalue weighted by Gasteiger charge is -2.19. The van der Waals surface area contributed by atoms with Crippen molar-refractivity contribution in [2.24, 2.45) is 0 Å². The minimum absolute atomic E-state index is 0.0132. The normalized spacial score (nSPS) is 11.5. The Labute approximate surface area is 268 Å². The van der Waals surface area contributed by atoms with Crippen LogP contribution in [0.1, 0.15) is 33.4 Å². The van der Waals surface area contributed by atoms with Crippen LogP contribution < -0.4 is 10.6 Å². The molecule has 0 aliphatic carbocycles. The highest BCUT2D eigenvalue weighted by Crippen LogP contribution is 2.28. The molecule has 1 unspecified atom stereocenters. The third-order valence-electron chi connectivity index (χ3n) is 6.78. The quantitative estimate of drug-likeness (QED) is 0.160. The molecule has 5 rings (SSSR count). The Balaban J connectivity index is 1.48. The van der Waals surface area contributed by atoms with Gasteiger partial charge in [-0.3, -0.25) is 10.1 Å². The number of benzene rings is 3. The summed E-state index contributed by atoms with van der Waals surface area (Å²) < 4.78 is 11.1. The molecule has 1 atom stereocenters. The number of halogens is 1. The van der Waals surface area contributed by atoms with Crippen LogP contribution in [-0.2, 0) is 20.7 Å². The second kappa shape index (κ2) is 14.7. The number of nitrogens with one attached hydrogen (secondary N) is 2. The van der Waals surface area contributed by atoms with E-state index in [0.29, 0.717) is 45.2 Å². The number of esters is 1. The van der Waals surface area contributed by atoms with Crippen molar-refractivity contribution in [2.75, 3.05) is 19.5 Å². The minimum atomic E-state index is -0.683. The number of methoxy groups -OCH3 is 2. The summed E-state index contributed by atoms with van der Waals surface area (Å²) in [4.78, 5) is 37.6. The number of anilines is 1. The fraction of sp³-hybridized carbons (Fsp3) is 0.125. The Morgan fingerprint density at radius 1 is 0.957 bits per heavy atom. The third-order valence-corrected chi connectivity index (χ3v) is 7.01. The molecule has 0 aliphatic rings. The lowest BCUT2D eigenvalue weighted by atomic mass is 9.98. The number of amides is 2. The zero-order valence-corrected chi connectivity index (χ0v) is 25.4. The van der Waals surface area contributed by atoms with Crippen LogP contribution in [0.5, 0.6) is 0 Å². The van der Waals surface area contributed by atoms with E-state index in [4.69, 9.17) is 16.3 Å². The lowest BCUT2D eigenvalue weighted by molar-refractivity contribution is -0.117. The summed E-state index contributed by atoms with van der Waals surface area (Å²) in [5.41, 5.74) is 4.09. The van der Waals surface area contributed by atoms with Crippen LogP contribution in [0.4, 0.5) is 10.5 Å². The number of ether oxygens (including phenoxy) is 2. The summed E-state index contributed by atoms with van der Waals surface area (Å²) in [6, 6.07) is 22.5. The average Bonchev–Trinajstić information content (AvgIpc) is 3.62. The van der Waals surface area contributed by atoms with Crippen molar-refractivity contribution < 1.29 is 23.9 Å². The van der Waals surface area contributed by atoms with Gasteiger partial charge in [-0.1, -0.05) is 54.1 Å². The summed E-state index contributed by atoms with van der Waals surface area (Å²) >= 11 is 6.23. The van der Waals surface area contributed by atoms with E-state index >= 15 is 0 Å².